The Kier molecular flexibility index (Phi) is 2.53. The van der Waals surface area contributed by atoms with E-state index < -0.39 is 0 Å². The number of rotatable bonds is 3. The van der Waals surface area contributed by atoms with Gasteiger partial charge in [-0.2, -0.15) is 0 Å². The summed E-state index contributed by atoms with van der Waals surface area (Å²) in [5.41, 5.74) is 6.67. The fourth-order valence-corrected chi connectivity index (χ4v) is 1.31. The van der Waals surface area contributed by atoms with E-state index in [4.69, 9.17) is 10.2 Å². The molecule has 0 aromatic carbocycles. The number of anilines is 2. The molecule has 2 rings (SSSR count). The Morgan fingerprint density at radius 2 is 2.33 bits per heavy atom. The van der Waals surface area contributed by atoms with Gasteiger partial charge < -0.3 is 15.1 Å². The summed E-state index contributed by atoms with van der Waals surface area (Å²) in [4.78, 5) is 9.94. The van der Waals surface area contributed by atoms with Gasteiger partial charge in [0.05, 0.1) is 12.5 Å². The molecule has 78 valence electrons. The first-order valence-corrected chi connectivity index (χ1v) is 4.55. The van der Waals surface area contributed by atoms with Crippen LogP contribution >= 0.6 is 0 Å². The van der Waals surface area contributed by atoms with Crippen molar-refractivity contribution in [1.29, 1.82) is 0 Å². The van der Waals surface area contributed by atoms with E-state index in [0.29, 0.717) is 5.82 Å². The van der Waals surface area contributed by atoms with E-state index in [2.05, 4.69) is 9.97 Å². The number of hydrogen-bond donors (Lipinski definition) is 1. The average Bonchev–Trinajstić information content (AvgIpc) is 2.70. The normalized spacial score (nSPS) is 10.2. The van der Waals surface area contributed by atoms with Crippen molar-refractivity contribution in [3.63, 3.8) is 0 Å². The van der Waals surface area contributed by atoms with Gasteiger partial charge in [-0.05, 0) is 6.07 Å². The van der Waals surface area contributed by atoms with Crippen molar-refractivity contribution in [1.82, 2.24) is 9.97 Å². The third kappa shape index (κ3) is 2.25. The Morgan fingerprint density at radius 1 is 1.47 bits per heavy atom. The SMILES string of the molecule is CN(Cc1ccoc1)c1cc(N)ncn1. The first kappa shape index (κ1) is 9.51. The summed E-state index contributed by atoms with van der Waals surface area (Å²) in [5.74, 6) is 1.27. The molecule has 5 nitrogen and oxygen atoms in total. The third-order valence-corrected chi connectivity index (χ3v) is 2.06. The molecule has 0 saturated carbocycles. The summed E-state index contributed by atoms with van der Waals surface area (Å²) in [7, 11) is 1.94. The zero-order valence-electron chi connectivity index (χ0n) is 8.42. The van der Waals surface area contributed by atoms with Gasteiger partial charge in [-0.15, -0.1) is 0 Å². The molecule has 2 aromatic rings. The minimum Gasteiger partial charge on any atom is -0.472 e. The number of furan rings is 1. The van der Waals surface area contributed by atoms with Crippen LogP contribution in [-0.4, -0.2) is 17.0 Å². The van der Waals surface area contributed by atoms with Crippen molar-refractivity contribution in [2.75, 3.05) is 17.7 Å². The van der Waals surface area contributed by atoms with E-state index in [1.54, 1.807) is 18.6 Å². The summed E-state index contributed by atoms with van der Waals surface area (Å²) in [6.07, 6.45) is 4.81. The lowest BCUT2D eigenvalue weighted by atomic mass is 10.3. The van der Waals surface area contributed by atoms with Crippen LogP contribution in [0.2, 0.25) is 0 Å². The summed E-state index contributed by atoms with van der Waals surface area (Å²) in [6.45, 7) is 0.729. The van der Waals surface area contributed by atoms with Crippen LogP contribution in [0, 0.1) is 0 Å². The molecule has 0 fully saturated rings. The molecule has 0 unspecified atom stereocenters. The molecular formula is C10H12N4O. The Hall–Kier alpha value is -2.04. The monoisotopic (exact) mass is 204 g/mol. The van der Waals surface area contributed by atoms with Crippen LogP contribution in [0.25, 0.3) is 0 Å². The molecule has 15 heavy (non-hydrogen) atoms. The highest BCUT2D eigenvalue weighted by Crippen LogP contribution is 2.13. The van der Waals surface area contributed by atoms with Crippen molar-refractivity contribution >= 4 is 11.6 Å². The second-order valence-corrected chi connectivity index (χ2v) is 3.29. The van der Waals surface area contributed by atoms with Crippen LogP contribution < -0.4 is 10.6 Å². The Morgan fingerprint density at radius 3 is 3.00 bits per heavy atom. The first-order valence-electron chi connectivity index (χ1n) is 4.55. The molecule has 0 spiro atoms. The lowest BCUT2D eigenvalue weighted by Gasteiger charge is -2.16. The lowest BCUT2D eigenvalue weighted by Crippen LogP contribution is -2.17. The molecule has 2 heterocycles. The van der Waals surface area contributed by atoms with Gasteiger partial charge in [0.25, 0.3) is 0 Å². The van der Waals surface area contributed by atoms with E-state index in [9.17, 15) is 0 Å². The topological polar surface area (TPSA) is 68.2 Å². The molecule has 2 aromatic heterocycles. The van der Waals surface area contributed by atoms with Gasteiger partial charge in [-0.25, -0.2) is 9.97 Å². The average molecular weight is 204 g/mol. The molecule has 0 radical (unpaired) electrons. The Labute approximate surface area is 87.6 Å². The zero-order valence-corrected chi connectivity index (χ0v) is 8.42. The molecule has 0 aliphatic carbocycles. The maximum atomic E-state index is 5.57. The standard InChI is InChI=1S/C10H12N4O/c1-14(5-8-2-3-15-6-8)10-4-9(11)12-7-13-10/h2-4,6-7H,5H2,1H3,(H2,11,12,13). The molecule has 2 N–H and O–H groups in total. The van der Waals surface area contributed by atoms with Gasteiger partial charge in [0.2, 0.25) is 0 Å². The van der Waals surface area contributed by atoms with E-state index in [1.165, 1.54) is 6.33 Å². The van der Waals surface area contributed by atoms with E-state index in [0.717, 1.165) is 17.9 Å². The molecule has 0 aliphatic rings. The van der Waals surface area contributed by atoms with E-state index in [-0.39, 0.29) is 0 Å². The zero-order chi connectivity index (χ0) is 10.7. The molecule has 0 atom stereocenters. The maximum Gasteiger partial charge on any atom is 0.134 e. The number of nitrogen functional groups attached to an aromatic ring is 1. The first-order chi connectivity index (χ1) is 7.25. The predicted octanol–water partition coefficient (Wildman–Crippen LogP) is 1.29. The maximum absolute atomic E-state index is 5.57. The van der Waals surface area contributed by atoms with Crippen LogP contribution in [0.15, 0.2) is 35.4 Å². The van der Waals surface area contributed by atoms with Crippen molar-refractivity contribution in [2.24, 2.45) is 0 Å². The highest BCUT2D eigenvalue weighted by molar-refractivity contribution is 5.45. The van der Waals surface area contributed by atoms with Gasteiger partial charge in [0, 0.05) is 25.2 Å². The van der Waals surface area contributed by atoms with Crippen molar-refractivity contribution < 1.29 is 4.42 Å². The summed E-state index contributed by atoms with van der Waals surface area (Å²) in [6, 6.07) is 3.65. The van der Waals surface area contributed by atoms with Crippen LogP contribution in [0.5, 0.6) is 0 Å². The van der Waals surface area contributed by atoms with Crippen LogP contribution in [0.3, 0.4) is 0 Å². The molecule has 0 bridgehead atoms. The van der Waals surface area contributed by atoms with Crippen molar-refractivity contribution in [2.45, 2.75) is 6.54 Å². The van der Waals surface area contributed by atoms with Crippen molar-refractivity contribution in [3.05, 3.63) is 36.5 Å². The number of nitrogens with zero attached hydrogens (tertiary/aromatic N) is 3. The summed E-state index contributed by atoms with van der Waals surface area (Å²) in [5, 5.41) is 0. The van der Waals surface area contributed by atoms with Crippen molar-refractivity contribution in [3.8, 4) is 0 Å². The van der Waals surface area contributed by atoms with Gasteiger partial charge in [0.1, 0.15) is 18.0 Å². The largest absolute Gasteiger partial charge is 0.472 e. The quantitative estimate of drug-likeness (QED) is 0.815. The fourth-order valence-electron chi connectivity index (χ4n) is 1.31. The lowest BCUT2D eigenvalue weighted by molar-refractivity contribution is 0.563. The van der Waals surface area contributed by atoms with Crippen LogP contribution in [0.1, 0.15) is 5.56 Å². The molecule has 0 amide bonds. The minimum absolute atomic E-state index is 0.471. The number of hydrogen-bond acceptors (Lipinski definition) is 5. The Balaban J connectivity index is 2.11. The van der Waals surface area contributed by atoms with Gasteiger partial charge in [0.15, 0.2) is 0 Å². The number of aromatic nitrogens is 2. The predicted molar refractivity (Wildman–Crippen MR) is 57.3 cm³/mol. The van der Waals surface area contributed by atoms with Crippen LogP contribution in [-0.2, 0) is 6.54 Å². The Bertz CT molecular complexity index is 427. The molecule has 0 saturated heterocycles. The molecule has 0 aliphatic heterocycles. The van der Waals surface area contributed by atoms with Gasteiger partial charge >= 0.3 is 0 Å². The molecular weight excluding hydrogens is 192 g/mol. The second kappa shape index (κ2) is 4.00. The highest BCUT2D eigenvalue weighted by atomic mass is 16.3. The molecule has 5 heteroatoms. The van der Waals surface area contributed by atoms with E-state index >= 15 is 0 Å². The highest BCUT2D eigenvalue weighted by Gasteiger charge is 2.04. The van der Waals surface area contributed by atoms with Gasteiger partial charge in [-0.1, -0.05) is 0 Å². The minimum atomic E-state index is 0.471. The second-order valence-electron chi connectivity index (χ2n) is 3.29. The summed E-state index contributed by atoms with van der Waals surface area (Å²) >= 11 is 0. The fraction of sp³-hybridized carbons (Fsp3) is 0.200. The summed E-state index contributed by atoms with van der Waals surface area (Å²) < 4.78 is 4.99. The van der Waals surface area contributed by atoms with Gasteiger partial charge in [-0.3, -0.25) is 0 Å². The van der Waals surface area contributed by atoms with Crippen LogP contribution in [0.4, 0.5) is 11.6 Å². The van der Waals surface area contributed by atoms with E-state index in [1.807, 2.05) is 18.0 Å². The smallest absolute Gasteiger partial charge is 0.134 e. The third-order valence-electron chi connectivity index (χ3n) is 2.06. The number of nitrogens with two attached hydrogens (primary N) is 1.